The van der Waals surface area contributed by atoms with Crippen LogP contribution in [0.2, 0.25) is 0 Å². The highest BCUT2D eigenvalue weighted by Crippen LogP contribution is 2.14. The summed E-state index contributed by atoms with van der Waals surface area (Å²) < 4.78 is 22.8. The van der Waals surface area contributed by atoms with Gasteiger partial charge in [-0.1, -0.05) is 12.1 Å². The normalized spacial score (nSPS) is 10.0. The van der Waals surface area contributed by atoms with Crippen molar-refractivity contribution >= 4 is 5.91 Å². The van der Waals surface area contributed by atoms with Crippen LogP contribution >= 0.6 is 0 Å². The molecule has 0 atom stereocenters. The number of hydroxylamine groups is 1. The van der Waals surface area contributed by atoms with Crippen LogP contribution in [0.1, 0.15) is 0 Å². The molecule has 0 spiro atoms. The van der Waals surface area contributed by atoms with Crippen LogP contribution in [0.15, 0.2) is 24.3 Å². The first-order chi connectivity index (χ1) is 8.24. The fourth-order valence-corrected chi connectivity index (χ4v) is 0.991. The van der Waals surface area contributed by atoms with Crippen LogP contribution in [0.25, 0.3) is 0 Å². The van der Waals surface area contributed by atoms with Crippen molar-refractivity contribution in [2.24, 2.45) is 0 Å². The third-order valence-corrected chi connectivity index (χ3v) is 1.77. The Labute approximate surface area is 98.4 Å². The van der Waals surface area contributed by atoms with Crippen LogP contribution in [-0.2, 0) is 14.4 Å². The number of rotatable bonds is 7. The van der Waals surface area contributed by atoms with Crippen LogP contribution in [-0.4, -0.2) is 32.8 Å². The van der Waals surface area contributed by atoms with Gasteiger partial charge < -0.3 is 9.47 Å². The quantitative estimate of drug-likeness (QED) is 0.571. The summed E-state index contributed by atoms with van der Waals surface area (Å²) in [4.78, 5) is 15.9. The lowest BCUT2D eigenvalue weighted by atomic mass is 10.3. The predicted octanol–water partition coefficient (Wildman–Crippen LogP) is 0.899. The van der Waals surface area contributed by atoms with Crippen LogP contribution in [0.4, 0.5) is 4.39 Å². The van der Waals surface area contributed by atoms with E-state index in [1.165, 1.54) is 25.3 Å². The van der Waals surface area contributed by atoms with Crippen LogP contribution in [0.3, 0.4) is 0 Å². The molecule has 0 fully saturated rings. The number of carbonyl (C=O) groups is 1. The van der Waals surface area contributed by atoms with Gasteiger partial charge in [0.15, 0.2) is 18.2 Å². The topological polar surface area (TPSA) is 56.8 Å². The van der Waals surface area contributed by atoms with E-state index in [1.54, 1.807) is 6.07 Å². The number of amides is 1. The van der Waals surface area contributed by atoms with Crippen molar-refractivity contribution in [1.29, 1.82) is 0 Å². The van der Waals surface area contributed by atoms with Crippen molar-refractivity contribution in [1.82, 2.24) is 5.48 Å². The molecular formula is C11H14FNO4. The smallest absolute Gasteiger partial charge is 0.281 e. The molecule has 1 amide bonds. The molecule has 17 heavy (non-hydrogen) atoms. The summed E-state index contributed by atoms with van der Waals surface area (Å²) in [6, 6.07) is 5.85. The van der Waals surface area contributed by atoms with E-state index in [0.717, 1.165) is 0 Å². The van der Waals surface area contributed by atoms with Gasteiger partial charge in [-0.05, 0) is 12.1 Å². The van der Waals surface area contributed by atoms with Crippen LogP contribution in [0, 0.1) is 5.82 Å². The number of hydrogen-bond acceptors (Lipinski definition) is 4. The van der Waals surface area contributed by atoms with Gasteiger partial charge >= 0.3 is 0 Å². The summed E-state index contributed by atoms with van der Waals surface area (Å²) in [5.41, 5.74) is 2.14. The maximum absolute atomic E-state index is 13.1. The lowest BCUT2D eigenvalue weighted by Gasteiger charge is -2.07. The second kappa shape index (κ2) is 7.59. The molecule has 0 aliphatic rings. The Bertz CT molecular complexity index is 359. The zero-order chi connectivity index (χ0) is 12.5. The van der Waals surface area contributed by atoms with Gasteiger partial charge in [-0.15, -0.1) is 0 Å². The molecule has 1 N–H and O–H groups in total. The maximum Gasteiger partial charge on any atom is 0.281 e. The Kier molecular flexibility index (Phi) is 5.98. The number of hydrogen-bond donors (Lipinski definition) is 1. The maximum atomic E-state index is 13.1. The second-order valence-corrected chi connectivity index (χ2v) is 3.09. The minimum atomic E-state index is -0.513. The Morgan fingerprint density at radius 3 is 2.82 bits per heavy atom. The van der Waals surface area contributed by atoms with Gasteiger partial charge in [-0.3, -0.25) is 9.63 Å². The van der Waals surface area contributed by atoms with Crippen molar-refractivity contribution in [3.05, 3.63) is 30.1 Å². The molecule has 5 nitrogen and oxygen atoms in total. The standard InChI is InChI=1S/C11H14FNO4/c1-15-6-7-17-13-11(14)8-16-10-5-3-2-4-9(10)12/h2-5H,6-8H2,1H3,(H,13,14). The number of para-hydroxylation sites is 1. The fraction of sp³-hybridized carbons (Fsp3) is 0.364. The second-order valence-electron chi connectivity index (χ2n) is 3.09. The SMILES string of the molecule is COCCONC(=O)COc1ccccc1F. The first-order valence-electron chi connectivity index (χ1n) is 5.01. The molecule has 0 heterocycles. The lowest BCUT2D eigenvalue weighted by molar-refractivity contribution is -0.136. The average Bonchev–Trinajstić information content (AvgIpc) is 2.34. The largest absolute Gasteiger partial charge is 0.481 e. The number of ether oxygens (including phenoxy) is 2. The van der Waals surface area contributed by atoms with E-state index in [1.807, 2.05) is 0 Å². The molecule has 6 heteroatoms. The van der Waals surface area contributed by atoms with Gasteiger partial charge in [-0.2, -0.15) is 0 Å². The zero-order valence-electron chi connectivity index (χ0n) is 9.44. The molecule has 0 aromatic heterocycles. The van der Waals surface area contributed by atoms with Crippen molar-refractivity contribution in [3.63, 3.8) is 0 Å². The predicted molar refractivity (Wildman–Crippen MR) is 57.9 cm³/mol. The number of carbonyl (C=O) groups excluding carboxylic acids is 1. The molecule has 0 saturated heterocycles. The lowest BCUT2D eigenvalue weighted by Crippen LogP contribution is -2.30. The molecule has 1 aromatic rings. The molecule has 0 aliphatic heterocycles. The van der Waals surface area contributed by atoms with E-state index < -0.39 is 11.7 Å². The summed E-state index contributed by atoms with van der Waals surface area (Å²) in [6.07, 6.45) is 0. The van der Waals surface area contributed by atoms with Crippen molar-refractivity contribution in [3.8, 4) is 5.75 Å². The number of methoxy groups -OCH3 is 1. The summed E-state index contributed by atoms with van der Waals surface area (Å²) in [5, 5.41) is 0. The molecule has 0 aliphatic carbocycles. The number of benzene rings is 1. The summed E-state index contributed by atoms with van der Waals surface area (Å²) in [5.74, 6) is -0.982. The van der Waals surface area contributed by atoms with Gasteiger partial charge in [-0.25, -0.2) is 9.87 Å². The molecule has 1 aromatic carbocycles. The minimum absolute atomic E-state index is 0.0274. The van der Waals surface area contributed by atoms with Gasteiger partial charge in [0.1, 0.15) is 0 Å². The van der Waals surface area contributed by atoms with Gasteiger partial charge in [0.2, 0.25) is 0 Å². The molecule has 0 saturated carbocycles. The van der Waals surface area contributed by atoms with Gasteiger partial charge in [0.25, 0.3) is 5.91 Å². The number of halogens is 1. The van der Waals surface area contributed by atoms with Crippen LogP contribution in [0.5, 0.6) is 5.75 Å². The average molecular weight is 243 g/mol. The monoisotopic (exact) mass is 243 g/mol. The third-order valence-electron chi connectivity index (χ3n) is 1.77. The molecule has 1 rings (SSSR count). The minimum Gasteiger partial charge on any atom is -0.481 e. The van der Waals surface area contributed by atoms with Crippen molar-refractivity contribution in [2.45, 2.75) is 0 Å². The fourth-order valence-electron chi connectivity index (χ4n) is 0.991. The first kappa shape index (κ1) is 13.4. The highest BCUT2D eigenvalue weighted by atomic mass is 19.1. The summed E-state index contributed by atoms with van der Waals surface area (Å²) in [7, 11) is 1.52. The van der Waals surface area contributed by atoms with Crippen molar-refractivity contribution in [2.75, 3.05) is 26.9 Å². The van der Waals surface area contributed by atoms with E-state index in [0.29, 0.717) is 6.61 Å². The van der Waals surface area contributed by atoms with E-state index in [4.69, 9.17) is 14.3 Å². The van der Waals surface area contributed by atoms with Crippen LogP contribution < -0.4 is 10.2 Å². The summed E-state index contributed by atoms with van der Waals surface area (Å²) >= 11 is 0. The third kappa shape index (κ3) is 5.28. The molecule has 0 bridgehead atoms. The highest BCUT2D eigenvalue weighted by Gasteiger charge is 2.05. The van der Waals surface area contributed by atoms with Gasteiger partial charge in [0, 0.05) is 7.11 Å². The van der Waals surface area contributed by atoms with E-state index in [-0.39, 0.29) is 19.0 Å². The van der Waals surface area contributed by atoms with E-state index >= 15 is 0 Å². The Morgan fingerprint density at radius 1 is 1.35 bits per heavy atom. The van der Waals surface area contributed by atoms with E-state index in [9.17, 15) is 9.18 Å². The molecular weight excluding hydrogens is 229 g/mol. The molecule has 0 radical (unpaired) electrons. The first-order valence-corrected chi connectivity index (χ1v) is 5.01. The Hall–Kier alpha value is -1.66. The summed E-state index contributed by atoms with van der Waals surface area (Å²) in [6.45, 7) is 0.296. The van der Waals surface area contributed by atoms with E-state index in [2.05, 4.69) is 5.48 Å². The molecule has 0 unspecified atom stereocenters. The van der Waals surface area contributed by atoms with Gasteiger partial charge in [0.05, 0.1) is 13.2 Å². The Morgan fingerprint density at radius 2 is 2.12 bits per heavy atom. The number of nitrogens with one attached hydrogen (secondary N) is 1. The highest BCUT2D eigenvalue weighted by molar-refractivity contribution is 5.76. The zero-order valence-corrected chi connectivity index (χ0v) is 9.44. The molecule has 94 valence electrons. The van der Waals surface area contributed by atoms with Crippen molar-refractivity contribution < 1.29 is 23.5 Å². The Balaban J connectivity index is 2.22.